The van der Waals surface area contributed by atoms with Crippen LogP contribution in [0.3, 0.4) is 0 Å². The molecule has 2 aliphatic heterocycles. The fraction of sp³-hybridized carbons (Fsp3) is 0.581. The maximum atomic E-state index is 13.7. The van der Waals surface area contributed by atoms with Crippen LogP contribution >= 0.6 is 0 Å². The Labute approximate surface area is 209 Å². The van der Waals surface area contributed by atoms with Crippen molar-refractivity contribution < 1.29 is 9.90 Å². The monoisotopic (exact) mass is 470 g/mol. The number of benzene rings is 2. The Morgan fingerprint density at radius 1 is 1.11 bits per heavy atom. The summed E-state index contributed by atoms with van der Waals surface area (Å²) in [6.45, 7) is 5.59. The van der Waals surface area contributed by atoms with E-state index in [1.165, 1.54) is 56.2 Å². The second-order valence-corrected chi connectivity index (χ2v) is 12.1. The van der Waals surface area contributed by atoms with Gasteiger partial charge in [-0.05, 0) is 104 Å². The molecule has 6 atom stereocenters. The summed E-state index contributed by atoms with van der Waals surface area (Å²) in [4.78, 5) is 18.8. The van der Waals surface area contributed by atoms with Crippen molar-refractivity contribution in [3.63, 3.8) is 0 Å². The standard InChI is InChI=1S/C31H38N2O2/c1-2-3-7-15-32-16-14-31-25-18-24(34)11-10-22(25)17-27(32)30(31)13-12-26-28(31)23(19-30)20-33(26)29(35)21-8-5-4-6-9-21/h4-6,8-11,18,23,26-28,34H,2-3,7,12-17,19-20H2,1H3/t23-,26?,27?,28?,30?,31?/m1/s1. The number of carbonyl (C=O) groups is 1. The Balaban J connectivity index is 1.31. The first kappa shape index (κ1) is 21.9. The lowest BCUT2D eigenvalue weighted by molar-refractivity contribution is -0.101. The predicted octanol–water partition coefficient (Wildman–Crippen LogP) is 5.39. The molecule has 2 saturated heterocycles. The summed E-state index contributed by atoms with van der Waals surface area (Å²) in [5.41, 5.74) is 4.12. The van der Waals surface area contributed by atoms with Gasteiger partial charge >= 0.3 is 0 Å². The maximum Gasteiger partial charge on any atom is 0.254 e. The number of phenolic OH excluding ortho intramolecular Hbond substituents is 1. The lowest BCUT2D eigenvalue weighted by atomic mass is 9.43. The Hall–Kier alpha value is -2.33. The second kappa shape index (κ2) is 7.83. The number of likely N-dealkylation sites (tertiary alicyclic amines) is 2. The topological polar surface area (TPSA) is 43.8 Å². The van der Waals surface area contributed by atoms with E-state index < -0.39 is 0 Å². The van der Waals surface area contributed by atoms with Crippen molar-refractivity contribution in [2.75, 3.05) is 19.6 Å². The highest BCUT2D eigenvalue weighted by molar-refractivity contribution is 5.94. The van der Waals surface area contributed by atoms with Crippen LogP contribution in [0.4, 0.5) is 0 Å². The molecule has 2 aromatic rings. The first-order chi connectivity index (χ1) is 17.1. The van der Waals surface area contributed by atoms with Gasteiger partial charge in [0.1, 0.15) is 5.75 Å². The van der Waals surface area contributed by atoms with E-state index in [1.54, 1.807) is 0 Å². The summed E-state index contributed by atoms with van der Waals surface area (Å²) in [5, 5.41) is 10.6. The maximum absolute atomic E-state index is 13.7. The largest absolute Gasteiger partial charge is 0.508 e. The van der Waals surface area contributed by atoms with E-state index in [4.69, 9.17) is 0 Å². The summed E-state index contributed by atoms with van der Waals surface area (Å²) in [7, 11) is 0. The minimum atomic E-state index is 0.102. The molecule has 0 spiro atoms. The zero-order chi connectivity index (χ0) is 23.8. The van der Waals surface area contributed by atoms with Gasteiger partial charge in [-0.25, -0.2) is 0 Å². The second-order valence-electron chi connectivity index (χ2n) is 12.1. The van der Waals surface area contributed by atoms with Gasteiger partial charge in [-0.2, -0.15) is 0 Å². The van der Waals surface area contributed by atoms with E-state index in [0.717, 1.165) is 31.5 Å². The minimum absolute atomic E-state index is 0.102. The number of hydrogen-bond donors (Lipinski definition) is 1. The minimum Gasteiger partial charge on any atom is -0.508 e. The fourth-order valence-electron chi connectivity index (χ4n) is 9.91. The Morgan fingerprint density at radius 2 is 1.97 bits per heavy atom. The molecule has 4 nitrogen and oxygen atoms in total. The molecule has 184 valence electrons. The van der Waals surface area contributed by atoms with Crippen molar-refractivity contribution in [3.8, 4) is 5.75 Å². The highest BCUT2D eigenvalue weighted by atomic mass is 16.3. The number of fused-ring (bicyclic) bond motifs is 1. The summed E-state index contributed by atoms with van der Waals surface area (Å²) in [6.07, 6.45) is 9.78. The molecule has 2 heterocycles. The third kappa shape index (κ3) is 2.81. The Kier molecular flexibility index (Phi) is 4.90. The number of rotatable bonds is 5. The number of nitrogens with zero attached hydrogens (tertiary/aromatic N) is 2. The smallest absolute Gasteiger partial charge is 0.254 e. The molecule has 4 bridgehead atoms. The molecule has 35 heavy (non-hydrogen) atoms. The highest BCUT2D eigenvalue weighted by Crippen LogP contribution is 2.75. The van der Waals surface area contributed by atoms with Crippen LogP contribution in [0.2, 0.25) is 0 Å². The van der Waals surface area contributed by atoms with Crippen LogP contribution in [0.5, 0.6) is 5.75 Å². The van der Waals surface area contributed by atoms with Crippen LogP contribution in [0, 0.1) is 17.3 Å². The fourth-order valence-corrected chi connectivity index (χ4v) is 9.91. The number of carbonyl (C=O) groups excluding carboxylic acids is 1. The van der Waals surface area contributed by atoms with Gasteiger partial charge in [0.2, 0.25) is 0 Å². The predicted molar refractivity (Wildman–Crippen MR) is 138 cm³/mol. The number of aromatic hydroxyl groups is 1. The lowest BCUT2D eigenvalue weighted by Gasteiger charge is -2.66. The van der Waals surface area contributed by atoms with Crippen molar-refractivity contribution in [2.24, 2.45) is 17.3 Å². The zero-order valence-electron chi connectivity index (χ0n) is 21.0. The van der Waals surface area contributed by atoms with Crippen LogP contribution < -0.4 is 0 Å². The van der Waals surface area contributed by atoms with Crippen molar-refractivity contribution in [1.29, 1.82) is 0 Å². The summed E-state index contributed by atoms with van der Waals surface area (Å²) >= 11 is 0. The van der Waals surface area contributed by atoms with Crippen LogP contribution in [-0.4, -0.2) is 52.5 Å². The van der Waals surface area contributed by atoms with E-state index in [0.29, 0.717) is 35.1 Å². The first-order valence-electron chi connectivity index (χ1n) is 14.0. The third-order valence-corrected chi connectivity index (χ3v) is 10.9. The van der Waals surface area contributed by atoms with Gasteiger partial charge in [-0.3, -0.25) is 9.69 Å². The molecule has 7 rings (SSSR count). The summed E-state index contributed by atoms with van der Waals surface area (Å²) in [5.74, 6) is 1.72. The molecule has 1 amide bonds. The average Bonchev–Trinajstić information content (AvgIpc) is 3.32. The summed E-state index contributed by atoms with van der Waals surface area (Å²) < 4.78 is 0. The highest BCUT2D eigenvalue weighted by Gasteiger charge is 2.76. The number of unbranched alkanes of at least 4 members (excludes halogenated alkanes) is 2. The quantitative estimate of drug-likeness (QED) is 0.596. The average molecular weight is 471 g/mol. The molecule has 3 aliphatic carbocycles. The number of phenols is 1. The SMILES string of the molecule is CCCCCN1CCC23c4cc(O)ccc4CC1C21CCC2C3[C@@H](CN2C(=O)c2ccccc2)C1. The molecule has 5 unspecified atom stereocenters. The molecule has 0 aromatic heterocycles. The molecule has 2 saturated carbocycles. The third-order valence-electron chi connectivity index (χ3n) is 10.9. The molecule has 4 heteroatoms. The van der Waals surface area contributed by atoms with Crippen LogP contribution in [0.1, 0.15) is 73.4 Å². The van der Waals surface area contributed by atoms with Gasteiger partial charge in [-0.1, -0.05) is 44.0 Å². The number of amides is 1. The zero-order valence-corrected chi connectivity index (χ0v) is 21.0. The van der Waals surface area contributed by atoms with E-state index in [9.17, 15) is 9.90 Å². The van der Waals surface area contributed by atoms with Crippen molar-refractivity contribution in [2.45, 2.75) is 75.8 Å². The number of piperidine rings is 1. The van der Waals surface area contributed by atoms with Gasteiger partial charge in [0, 0.05) is 29.6 Å². The Bertz CT molecular complexity index is 1150. The summed E-state index contributed by atoms with van der Waals surface area (Å²) in [6, 6.07) is 17.1. The van der Waals surface area contributed by atoms with Gasteiger partial charge in [0.25, 0.3) is 5.91 Å². The molecule has 5 aliphatic rings. The molecular weight excluding hydrogens is 432 g/mol. The van der Waals surface area contributed by atoms with E-state index >= 15 is 0 Å². The van der Waals surface area contributed by atoms with E-state index in [-0.39, 0.29) is 11.3 Å². The van der Waals surface area contributed by atoms with E-state index in [1.807, 2.05) is 36.4 Å². The first-order valence-corrected chi connectivity index (χ1v) is 14.0. The van der Waals surface area contributed by atoms with Crippen LogP contribution in [-0.2, 0) is 11.8 Å². The van der Waals surface area contributed by atoms with E-state index in [2.05, 4.69) is 28.9 Å². The van der Waals surface area contributed by atoms with Crippen molar-refractivity contribution >= 4 is 5.91 Å². The Morgan fingerprint density at radius 3 is 2.80 bits per heavy atom. The molecule has 1 N–H and O–H groups in total. The molecule has 2 aromatic carbocycles. The number of hydrogen-bond acceptors (Lipinski definition) is 3. The van der Waals surface area contributed by atoms with Gasteiger partial charge < -0.3 is 10.0 Å². The van der Waals surface area contributed by atoms with Gasteiger partial charge in [0.05, 0.1) is 0 Å². The van der Waals surface area contributed by atoms with Crippen molar-refractivity contribution in [1.82, 2.24) is 9.80 Å². The van der Waals surface area contributed by atoms with Crippen LogP contribution in [0.15, 0.2) is 48.5 Å². The van der Waals surface area contributed by atoms with Crippen LogP contribution in [0.25, 0.3) is 0 Å². The molecule has 4 fully saturated rings. The molecular formula is C31H38N2O2. The van der Waals surface area contributed by atoms with Gasteiger partial charge in [-0.15, -0.1) is 0 Å². The van der Waals surface area contributed by atoms with Crippen molar-refractivity contribution in [3.05, 3.63) is 65.2 Å². The normalized spacial score (nSPS) is 36.7. The lowest BCUT2D eigenvalue weighted by Crippen LogP contribution is -2.69. The van der Waals surface area contributed by atoms with Gasteiger partial charge in [0.15, 0.2) is 0 Å². The molecule has 0 radical (unpaired) electrons.